The summed E-state index contributed by atoms with van der Waals surface area (Å²) in [4.78, 5) is 47.2. The van der Waals surface area contributed by atoms with Crippen molar-refractivity contribution in [2.45, 2.75) is 0 Å². The number of methoxy groups -OCH3 is 1. The lowest BCUT2D eigenvalue weighted by molar-refractivity contribution is 0.0732. The first kappa shape index (κ1) is 22.9. The first-order chi connectivity index (χ1) is 15.4. The first-order valence-corrected chi connectivity index (χ1v) is 9.50. The highest BCUT2D eigenvalue weighted by Crippen LogP contribution is 2.33. The van der Waals surface area contributed by atoms with Gasteiger partial charge < -0.3 is 14.2 Å². The fourth-order valence-electron chi connectivity index (χ4n) is 2.60. The molecule has 0 aliphatic rings. The summed E-state index contributed by atoms with van der Waals surface area (Å²) in [6, 6.07) is 11.8. The van der Waals surface area contributed by atoms with Gasteiger partial charge in [0.05, 0.1) is 12.7 Å². The second kappa shape index (κ2) is 9.99. The van der Waals surface area contributed by atoms with E-state index in [9.17, 15) is 19.4 Å². The number of rotatable bonds is 7. The molecule has 0 saturated carbocycles. The molecule has 0 spiro atoms. The van der Waals surface area contributed by atoms with E-state index in [1.165, 1.54) is 61.7 Å². The Balaban J connectivity index is 1.90. The van der Waals surface area contributed by atoms with Crippen molar-refractivity contribution in [1.82, 2.24) is 0 Å². The van der Waals surface area contributed by atoms with Crippen LogP contribution in [0.2, 0.25) is 10.0 Å². The van der Waals surface area contributed by atoms with E-state index in [2.05, 4.69) is 10.4 Å². The van der Waals surface area contributed by atoms with Gasteiger partial charge in [0.25, 0.3) is 0 Å². The van der Waals surface area contributed by atoms with Crippen LogP contribution in [0.3, 0.4) is 0 Å². The minimum atomic E-state index is -0.925. The van der Waals surface area contributed by atoms with Gasteiger partial charge in [0.15, 0.2) is 22.9 Å². The van der Waals surface area contributed by atoms with Gasteiger partial charge in [0, 0.05) is 10.0 Å². The smallest absolute Gasteiger partial charge is 0.347 e. The maximum atomic E-state index is 12.7. The summed E-state index contributed by atoms with van der Waals surface area (Å²) in [5.41, 5.74) is -0.527. The van der Waals surface area contributed by atoms with E-state index in [1.54, 1.807) is 0 Å². The van der Waals surface area contributed by atoms with Crippen LogP contribution >= 0.6 is 23.2 Å². The number of carbonyl (C=O) groups excluding carboxylic acids is 2. The van der Waals surface area contributed by atoms with E-state index in [-0.39, 0.29) is 49.8 Å². The number of nitrogens with zero attached hydrogens (tertiary/aromatic N) is 2. The van der Waals surface area contributed by atoms with Crippen molar-refractivity contribution in [2.24, 2.45) is 10.4 Å². The van der Waals surface area contributed by atoms with Gasteiger partial charge in [0.1, 0.15) is 11.3 Å². The number of carbonyl (C=O) groups is 2. The average Bonchev–Trinajstić information content (AvgIpc) is 2.80. The number of nitroso groups, excluding NO2 is 2. The Labute approximate surface area is 190 Å². The predicted octanol–water partition coefficient (Wildman–Crippen LogP) is 6.24. The Morgan fingerprint density at radius 3 is 1.72 bits per heavy atom. The largest absolute Gasteiger partial charge is 0.496 e. The number of hydrogen-bond acceptors (Lipinski definition) is 9. The summed E-state index contributed by atoms with van der Waals surface area (Å²) >= 11 is 11.6. The molecule has 0 fully saturated rings. The van der Waals surface area contributed by atoms with Crippen molar-refractivity contribution >= 4 is 46.5 Å². The summed E-state index contributed by atoms with van der Waals surface area (Å²) in [5.74, 6) is -1.95. The summed E-state index contributed by atoms with van der Waals surface area (Å²) < 4.78 is 15.6. The maximum absolute atomic E-state index is 12.7. The van der Waals surface area contributed by atoms with Crippen LogP contribution in [-0.4, -0.2) is 19.0 Å². The van der Waals surface area contributed by atoms with Gasteiger partial charge in [-0.1, -0.05) is 23.2 Å². The zero-order chi connectivity index (χ0) is 23.3. The number of benzene rings is 3. The Bertz CT molecular complexity index is 1230. The van der Waals surface area contributed by atoms with Gasteiger partial charge in [-0.25, -0.2) is 9.59 Å². The highest BCUT2D eigenvalue weighted by molar-refractivity contribution is 6.31. The molecular weight excluding hydrogens is 463 g/mol. The number of esters is 2. The van der Waals surface area contributed by atoms with Crippen LogP contribution in [0.1, 0.15) is 20.7 Å². The highest BCUT2D eigenvalue weighted by atomic mass is 35.5. The molecule has 11 heteroatoms. The standard InChI is InChI=1S/C21H12Cl2N2O7/c1-30-17-5-2-11(20(26)31-18-6-3-12(22)9-15(18)24-28)8-14(17)21(27)32-19-7-4-13(23)10-16(19)25-29/h2-10H,1H3. The van der Waals surface area contributed by atoms with E-state index in [0.29, 0.717) is 0 Å². The van der Waals surface area contributed by atoms with Crippen molar-refractivity contribution in [3.63, 3.8) is 0 Å². The Morgan fingerprint density at radius 2 is 1.22 bits per heavy atom. The minimum absolute atomic E-state index is 0.0469. The van der Waals surface area contributed by atoms with Crippen LogP contribution < -0.4 is 14.2 Å². The van der Waals surface area contributed by atoms with Crippen molar-refractivity contribution in [3.05, 3.63) is 85.6 Å². The van der Waals surface area contributed by atoms with Gasteiger partial charge in [-0.15, -0.1) is 9.81 Å². The van der Waals surface area contributed by atoms with Gasteiger partial charge in [-0.2, -0.15) is 0 Å². The molecule has 3 aromatic rings. The SMILES string of the molecule is COc1ccc(C(=O)Oc2ccc(Cl)cc2N=O)cc1C(=O)Oc1ccc(Cl)cc1N=O. The van der Waals surface area contributed by atoms with Crippen molar-refractivity contribution in [3.8, 4) is 17.2 Å². The maximum Gasteiger partial charge on any atom is 0.347 e. The van der Waals surface area contributed by atoms with Crippen LogP contribution in [-0.2, 0) is 0 Å². The molecule has 9 nitrogen and oxygen atoms in total. The van der Waals surface area contributed by atoms with Crippen LogP contribution in [0.15, 0.2) is 65.0 Å². The second-order valence-electron chi connectivity index (χ2n) is 6.10. The quantitative estimate of drug-likeness (QED) is 0.225. The summed E-state index contributed by atoms with van der Waals surface area (Å²) in [6.07, 6.45) is 0. The Kier molecular flexibility index (Phi) is 7.14. The lowest BCUT2D eigenvalue weighted by atomic mass is 10.1. The van der Waals surface area contributed by atoms with Crippen LogP contribution in [0, 0.1) is 9.81 Å². The molecule has 32 heavy (non-hydrogen) atoms. The Morgan fingerprint density at radius 1 is 0.719 bits per heavy atom. The Hall–Kier alpha value is -3.82. The molecule has 0 N–H and O–H groups in total. The zero-order valence-electron chi connectivity index (χ0n) is 16.2. The molecule has 0 atom stereocenters. The molecule has 0 unspecified atom stereocenters. The molecule has 0 bridgehead atoms. The molecule has 0 aliphatic heterocycles. The van der Waals surface area contributed by atoms with Gasteiger partial charge in [-0.3, -0.25) is 0 Å². The lowest BCUT2D eigenvalue weighted by Crippen LogP contribution is -2.14. The minimum Gasteiger partial charge on any atom is -0.496 e. The summed E-state index contributed by atoms with van der Waals surface area (Å²) in [5, 5.41) is 6.01. The van der Waals surface area contributed by atoms with Gasteiger partial charge in [-0.05, 0) is 65.0 Å². The van der Waals surface area contributed by atoms with Gasteiger partial charge >= 0.3 is 11.9 Å². The lowest BCUT2D eigenvalue weighted by Gasteiger charge is -2.11. The molecule has 0 saturated heterocycles. The van der Waals surface area contributed by atoms with E-state index in [0.717, 1.165) is 0 Å². The van der Waals surface area contributed by atoms with E-state index in [1.807, 2.05) is 0 Å². The third kappa shape index (κ3) is 5.08. The molecule has 3 rings (SSSR count). The molecule has 3 aromatic carbocycles. The molecule has 162 valence electrons. The van der Waals surface area contributed by atoms with E-state index < -0.39 is 11.9 Å². The van der Waals surface area contributed by atoms with Gasteiger partial charge in [0.2, 0.25) is 0 Å². The monoisotopic (exact) mass is 474 g/mol. The molecular formula is C21H12Cl2N2O7. The fourth-order valence-corrected chi connectivity index (χ4v) is 2.94. The molecule has 0 aliphatic carbocycles. The molecule has 0 heterocycles. The number of hydrogen-bond donors (Lipinski definition) is 0. The summed E-state index contributed by atoms with van der Waals surface area (Å²) in [6.45, 7) is 0. The third-order valence-electron chi connectivity index (χ3n) is 4.10. The van der Waals surface area contributed by atoms with Crippen LogP contribution in [0.5, 0.6) is 17.2 Å². The topological polar surface area (TPSA) is 121 Å². The third-order valence-corrected chi connectivity index (χ3v) is 4.57. The second-order valence-corrected chi connectivity index (χ2v) is 6.97. The molecule has 0 aromatic heterocycles. The van der Waals surface area contributed by atoms with Crippen LogP contribution in [0.25, 0.3) is 0 Å². The van der Waals surface area contributed by atoms with Crippen LogP contribution in [0.4, 0.5) is 11.4 Å². The average molecular weight is 475 g/mol. The predicted molar refractivity (Wildman–Crippen MR) is 117 cm³/mol. The molecule has 0 amide bonds. The number of halogens is 2. The summed E-state index contributed by atoms with van der Waals surface area (Å²) in [7, 11) is 1.32. The van der Waals surface area contributed by atoms with Crippen molar-refractivity contribution in [2.75, 3.05) is 7.11 Å². The van der Waals surface area contributed by atoms with E-state index >= 15 is 0 Å². The normalized spacial score (nSPS) is 10.2. The van der Waals surface area contributed by atoms with E-state index in [4.69, 9.17) is 37.4 Å². The highest BCUT2D eigenvalue weighted by Gasteiger charge is 2.21. The first-order valence-electron chi connectivity index (χ1n) is 8.74. The van der Waals surface area contributed by atoms with Crippen molar-refractivity contribution in [1.29, 1.82) is 0 Å². The van der Waals surface area contributed by atoms with Crippen molar-refractivity contribution < 1.29 is 23.8 Å². The fraction of sp³-hybridized carbons (Fsp3) is 0.0476. The number of ether oxygens (including phenoxy) is 3. The zero-order valence-corrected chi connectivity index (χ0v) is 17.7. The molecule has 0 radical (unpaired) electrons.